The van der Waals surface area contributed by atoms with Crippen LogP contribution in [0.5, 0.6) is 5.75 Å². The second-order valence-electron chi connectivity index (χ2n) is 2.33. The maximum Gasteiger partial charge on any atom is 0.573 e. The molecule has 0 spiro atoms. The van der Waals surface area contributed by atoms with E-state index in [1.807, 2.05) is 0 Å². The molecular formula is C7H5F4NO2. The summed E-state index contributed by atoms with van der Waals surface area (Å²) in [5.74, 6) is -1.69. The summed E-state index contributed by atoms with van der Waals surface area (Å²) in [6.45, 7) is -0.742. The first kappa shape index (κ1) is 10.7. The van der Waals surface area contributed by atoms with E-state index < -0.39 is 24.7 Å². The number of aromatic nitrogens is 1. The molecule has 0 amide bonds. The number of alkyl halides is 3. The zero-order valence-corrected chi connectivity index (χ0v) is 6.68. The molecule has 0 fully saturated rings. The summed E-state index contributed by atoms with van der Waals surface area (Å²) in [5, 5.41) is 8.52. The van der Waals surface area contributed by atoms with Gasteiger partial charge in [0.05, 0.1) is 12.8 Å². The van der Waals surface area contributed by atoms with Gasteiger partial charge in [-0.05, 0) is 6.07 Å². The predicted molar refractivity (Wildman–Crippen MR) is 36.8 cm³/mol. The third kappa shape index (κ3) is 2.84. The van der Waals surface area contributed by atoms with E-state index in [0.29, 0.717) is 6.20 Å². The minimum absolute atomic E-state index is 0.355. The van der Waals surface area contributed by atoms with E-state index >= 15 is 0 Å². The lowest BCUT2D eigenvalue weighted by Gasteiger charge is -2.08. The van der Waals surface area contributed by atoms with Crippen molar-refractivity contribution in [3.8, 4) is 5.75 Å². The quantitative estimate of drug-likeness (QED) is 0.596. The van der Waals surface area contributed by atoms with E-state index in [1.165, 1.54) is 0 Å². The van der Waals surface area contributed by atoms with Crippen molar-refractivity contribution in [3.05, 3.63) is 23.8 Å². The molecule has 0 saturated carbocycles. The summed E-state index contributed by atoms with van der Waals surface area (Å²) < 4.78 is 51.1. The van der Waals surface area contributed by atoms with E-state index in [2.05, 4.69) is 9.72 Å². The Morgan fingerprint density at radius 1 is 1.43 bits per heavy atom. The normalized spacial score (nSPS) is 11.5. The highest BCUT2D eigenvalue weighted by Crippen LogP contribution is 2.23. The van der Waals surface area contributed by atoms with Crippen LogP contribution in [0.15, 0.2) is 12.3 Å². The lowest BCUT2D eigenvalue weighted by atomic mass is 10.3. The van der Waals surface area contributed by atoms with Gasteiger partial charge in [-0.2, -0.15) is 4.39 Å². The zero-order chi connectivity index (χ0) is 10.8. The molecule has 1 N–H and O–H groups in total. The monoisotopic (exact) mass is 211 g/mol. The van der Waals surface area contributed by atoms with Gasteiger partial charge >= 0.3 is 6.36 Å². The van der Waals surface area contributed by atoms with E-state index in [1.54, 1.807) is 0 Å². The van der Waals surface area contributed by atoms with Gasteiger partial charge in [-0.25, -0.2) is 4.98 Å². The highest BCUT2D eigenvalue weighted by Gasteiger charge is 2.31. The molecule has 1 rings (SSSR count). The maximum atomic E-state index is 12.6. The van der Waals surface area contributed by atoms with Crippen molar-refractivity contribution in [2.45, 2.75) is 13.0 Å². The van der Waals surface area contributed by atoms with E-state index in [4.69, 9.17) is 5.11 Å². The third-order valence-electron chi connectivity index (χ3n) is 1.29. The summed E-state index contributed by atoms with van der Waals surface area (Å²) in [6.07, 6.45) is -4.27. The van der Waals surface area contributed by atoms with Gasteiger partial charge in [0.2, 0.25) is 5.95 Å². The second-order valence-corrected chi connectivity index (χ2v) is 2.33. The number of aliphatic hydroxyl groups is 1. The van der Waals surface area contributed by atoms with Gasteiger partial charge in [-0.3, -0.25) is 0 Å². The first-order valence-corrected chi connectivity index (χ1v) is 3.43. The van der Waals surface area contributed by atoms with Crippen LogP contribution in [0.4, 0.5) is 17.6 Å². The van der Waals surface area contributed by atoms with Crippen molar-refractivity contribution in [2.24, 2.45) is 0 Å². The van der Waals surface area contributed by atoms with Crippen molar-refractivity contribution in [3.63, 3.8) is 0 Å². The summed E-state index contributed by atoms with van der Waals surface area (Å²) in [7, 11) is 0. The molecule has 1 heterocycles. The molecule has 0 radical (unpaired) electrons. The minimum Gasteiger partial charge on any atom is -0.404 e. The van der Waals surface area contributed by atoms with Crippen molar-refractivity contribution >= 4 is 0 Å². The fourth-order valence-electron chi connectivity index (χ4n) is 0.772. The molecule has 78 valence electrons. The molecule has 0 saturated heterocycles. The smallest absolute Gasteiger partial charge is 0.404 e. The average Bonchev–Trinajstić information content (AvgIpc) is 2.06. The molecule has 0 aliphatic heterocycles. The number of halogens is 4. The van der Waals surface area contributed by atoms with Gasteiger partial charge in [0.25, 0.3) is 0 Å². The predicted octanol–water partition coefficient (Wildman–Crippen LogP) is 1.61. The lowest BCUT2D eigenvalue weighted by molar-refractivity contribution is -0.274. The van der Waals surface area contributed by atoms with E-state index in [9.17, 15) is 17.6 Å². The van der Waals surface area contributed by atoms with Gasteiger partial charge in [-0.1, -0.05) is 0 Å². The highest BCUT2D eigenvalue weighted by atomic mass is 19.4. The van der Waals surface area contributed by atoms with Crippen LogP contribution >= 0.6 is 0 Å². The average molecular weight is 211 g/mol. The highest BCUT2D eigenvalue weighted by molar-refractivity contribution is 5.24. The Hall–Kier alpha value is -1.37. The Labute approximate surface area is 76.0 Å². The van der Waals surface area contributed by atoms with Crippen LogP contribution in [-0.2, 0) is 6.61 Å². The van der Waals surface area contributed by atoms with Crippen LogP contribution in [0, 0.1) is 5.95 Å². The molecule has 1 aromatic heterocycles. The fourth-order valence-corrected chi connectivity index (χ4v) is 0.772. The Morgan fingerprint density at radius 3 is 2.57 bits per heavy atom. The van der Waals surface area contributed by atoms with Crippen LogP contribution in [0.1, 0.15) is 5.56 Å². The molecule has 0 aliphatic carbocycles. The van der Waals surface area contributed by atoms with Crippen molar-refractivity contribution in [1.82, 2.24) is 4.98 Å². The van der Waals surface area contributed by atoms with Crippen LogP contribution in [0.25, 0.3) is 0 Å². The standard InChI is InChI=1S/C7H5F4NO2/c8-6-4(3-13)1-5(2-12-6)14-7(9,10)11/h1-2,13H,3H2. The van der Waals surface area contributed by atoms with Crippen molar-refractivity contribution < 1.29 is 27.4 Å². The van der Waals surface area contributed by atoms with Crippen molar-refractivity contribution in [2.75, 3.05) is 0 Å². The number of hydrogen-bond acceptors (Lipinski definition) is 3. The van der Waals surface area contributed by atoms with E-state index in [-0.39, 0.29) is 5.56 Å². The molecule has 1 aromatic rings. The number of hydrogen-bond donors (Lipinski definition) is 1. The zero-order valence-electron chi connectivity index (χ0n) is 6.68. The Bertz CT molecular complexity index is 326. The number of ether oxygens (including phenoxy) is 1. The van der Waals surface area contributed by atoms with Gasteiger partial charge in [0.1, 0.15) is 5.75 Å². The Kier molecular flexibility index (Phi) is 2.90. The topological polar surface area (TPSA) is 42.4 Å². The first-order valence-electron chi connectivity index (χ1n) is 3.43. The molecular weight excluding hydrogens is 206 g/mol. The molecule has 7 heteroatoms. The van der Waals surface area contributed by atoms with Gasteiger partial charge in [0, 0.05) is 5.56 Å². The first-order chi connectivity index (χ1) is 6.42. The van der Waals surface area contributed by atoms with Crippen LogP contribution < -0.4 is 4.74 Å². The molecule has 0 atom stereocenters. The summed E-state index contributed by atoms with van der Waals surface area (Å²) >= 11 is 0. The summed E-state index contributed by atoms with van der Waals surface area (Å²) in [6, 6.07) is 0.732. The Morgan fingerprint density at radius 2 is 2.07 bits per heavy atom. The molecule has 14 heavy (non-hydrogen) atoms. The largest absolute Gasteiger partial charge is 0.573 e. The lowest BCUT2D eigenvalue weighted by Crippen LogP contribution is -2.17. The van der Waals surface area contributed by atoms with Gasteiger partial charge < -0.3 is 9.84 Å². The van der Waals surface area contributed by atoms with Crippen LogP contribution in [0.3, 0.4) is 0 Å². The van der Waals surface area contributed by atoms with Crippen LogP contribution in [0.2, 0.25) is 0 Å². The second kappa shape index (κ2) is 3.79. The molecule has 0 aromatic carbocycles. The molecule has 0 unspecified atom stereocenters. The van der Waals surface area contributed by atoms with Crippen LogP contribution in [-0.4, -0.2) is 16.5 Å². The number of nitrogens with zero attached hydrogens (tertiary/aromatic N) is 1. The molecule has 3 nitrogen and oxygen atoms in total. The number of pyridine rings is 1. The Balaban J connectivity index is 2.90. The number of rotatable bonds is 2. The molecule has 0 bridgehead atoms. The SMILES string of the molecule is OCc1cc(OC(F)(F)F)cnc1F. The fraction of sp³-hybridized carbons (Fsp3) is 0.286. The molecule has 0 aliphatic rings. The van der Waals surface area contributed by atoms with Crippen molar-refractivity contribution in [1.29, 1.82) is 0 Å². The van der Waals surface area contributed by atoms with Gasteiger partial charge in [0.15, 0.2) is 0 Å². The summed E-state index contributed by atoms with van der Waals surface area (Å²) in [4.78, 5) is 2.98. The third-order valence-corrected chi connectivity index (χ3v) is 1.29. The van der Waals surface area contributed by atoms with Gasteiger partial charge in [-0.15, -0.1) is 13.2 Å². The maximum absolute atomic E-state index is 12.6. The summed E-state index contributed by atoms with van der Waals surface area (Å²) in [5.41, 5.74) is -0.355. The minimum atomic E-state index is -4.85. The van der Waals surface area contributed by atoms with E-state index in [0.717, 1.165) is 6.07 Å². The number of aliphatic hydroxyl groups excluding tert-OH is 1.